The highest BCUT2D eigenvalue weighted by molar-refractivity contribution is 7.98. The number of nitrogens with zero attached hydrogens (tertiary/aromatic N) is 4. The number of hydrogen-bond donors (Lipinski definition) is 0. The molecule has 0 aliphatic rings. The number of aromatic nitrogens is 4. The van der Waals surface area contributed by atoms with E-state index in [0.717, 1.165) is 28.7 Å². The first-order valence-corrected chi connectivity index (χ1v) is 8.29. The Morgan fingerprint density at radius 1 is 1.40 bits per heavy atom. The Hall–Kier alpha value is -1.36. The quantitative estimate of drug-likeness (QED) is 0.793. The third-order valence-electron chi connectivity index (χ3n) is 2.29. The normalized spacial score (nSPS) is 13.1. The van der Waals surface area contributed by atoms with E-state index in [9.17, 15) is 21.6 Å². The second kappa shape index (κ2) is 4.88. The van der Waals surface area contributed by atoms with Crippen molar-refractivity contribution in [2.45, 2.75) is 22.8 Å². The number of sulfone groups is 1. The van der Waals surface area contributed by atoms with Crippen molar-refractivity contribution in [3.8, 4) is 0 Å². The van der Waals surface area contributed by atoms with E-state index in [1.807, 2.05) is 0 Å². The van der Waals surface area contributed by atoms with E-state index in [1.54, 1.807) is 6.26 Å². The molecule has 0 atom stereocenters. The molecule has 2 rings (SSSR count). The summed E-state index contributed by atoms with van der Waals surface area (Å²) in [6.45, 7) is 0. The summed E-state index contributed by atoms with van der Waals surface area (Å²) in [5.41, 5.74) is -0.140. The molecule has 0 saturated heterocycles. The van der Waals surface area contributed by atoms with E-state index in [0.29, 0.717) is 0 Å². The largest absolute Gasteiger partial charge is 0.394 e. The lowest BCUT2D eigenvalue weighted by Crippen LogP contribution is -2.16. The number of hydrogen-bond acceptors (Lipinski definition) is 6. The highest BCUT2D eigenvalue weighted by Crippen LogP contribution is 2.24. The molecule has 11 heteroatoms. The maximum atomic E-state index is 12.5. The van der Waals surface area contributed by atoms with Crippen molar-refractivity contribution in [1.82, 2.24) is 19.6 Å². The molecule has 0 radical (unpaired) electrons. The molecule has 110 valence electrons. The number of halogens is 3. The fourth-order valence-corrected chi connectivity index (χ4v) is 2.55. The molecule has 0 aliphatic carbocycles. The maximum absolute atomic E-state index is 12.5. The summed E-state index contributed by atoms with van der Waals surface area (Å²) in [5.74, 6) is 0. The molecule has 0 amide bonds. The van der Waals surface area contributed by atoms with Gasteiger partial charge in [-0.1, -0.05) is 0 Å². The van der Waals surface area contributed by atoms with Crippen LogP contribution in [0.15, 0.2) is 16.4 Å². The Labute approximate surface area is 116 Å². The molecule has 0 unspecified atom stereocenters. The molecule has 0 fully saturated rings. The van der Waals surface area contributed by atoms with Crippen molar-refractivity contribution < 1.29 is 21.6 Å². The van der Waals surface area contributed by atoms with Crippen molar-refractivity contribution in [1.29, 1.82) is 0 Å². The SMILES string of the molecule is CSc1nc(S(C)(=O)=O)nn2c(CC(F)(F)F)cnc12. The van der Waals surface area contributed by atoms with Gasteiger partial charge in [0.15, 0.2) is 5.65 Å². The number of rotatable bonds is 3. The fourth-order valence-electron chi connectivity index (χ4n) is 1.50. The molecule has 2 aromatic rings. The predicted molar refractivity (Wildman–Crippen MR) is 65.4 cm³/mol. The van der Waals surface area contributed by atoms with E-state index >= 15 is 0 Å². The van der Waals surface area contributed by atoms with Crippen molar-refractivity contribution in [2.75, 3.05) is 12.5 Å². The van der Waals surface area contributed by atoms with Crippen molar-refractivity contribution in [3.63, 3.8) is 0 Å². The summed E-state index contributed by atoms with van der Waals surface area (Å²) in [5, 5.41) is 3.31. The van der Waals surface area contributed by atoms with Crippen LogP contribution in [0.5, 0.6) is 0 Å². The van der Waals surface area contributed by atoms with Crippen LogP contribution in [0.3, 0.4) is 0 Å². The van der Waals surface area contributed by atoms with Gasteiger partial charge in [-0.15, -0.1) is 16.9 Å². The van der Waals surface area contributed by atoms with Crippen molar-refractivity contribution in [2.24, 2.45) is 0 Å². The molecule has 0 bridgehead atoms. The van der Waals surface area contributed by atoms with E-state index in [1.165, 1.54) is 0 Å². The molecule has 20 heavy (non-hydrogen) atoms. The topological polar surface area (TPSA) is 77.2 Å². The van der Waals surface area contributed by atoms with Crippen LogP contribution >= 0.6 is 11.8 Å². The summed E-state index contributed by atoms with van der Waals surface area (Å²) in [6.07, 6.45) is -2.16. The van der Waals surface area contributed by atoms with Crippen LogP contribution in [-0.2, 0) is 16.3 Å². The average molecular weight is 326 g/mol. The first-order valence-electron chi connectivity index (χ1n) is 5.17. The summed E-state index contributed by atoms with van der Waals surface area (Å²) in [7, 11) is -3.73. The van der Waals surface area contributed by atoms with Gasteiger partial charge in [0, 0.05) is 6.26 Å². The minimum absolute atomic E-state index is 0.101. The van der Waals surface area contributed by atoms with Gasteiger partial charge in [-0.05, 0) is 6.26 Å². The van der Waals surface area contributed by atoms with E-state index in [-0.39, 0.29) is 16.4 Å². The second-order valence-corrected chi connectivity index (χ2v) is 6.66. The molecule has 2 heterocycles. The number of alkyl halides is 3. The third-order valence-corrected chi connectivity index (χ3v) is 3.79. The zero-order chi connectivity index (χ0) is 15.1. The van der Waals surface area contributed by atoms with Crippen molar-refractivity contribution >= 4 is 27.2 Å². The second-order valence-electron chi connectivity index (χ2n) is 3.95. The summed E-state index contributed by atoms with van der Waals surface area (Å²) in [6, 6.07) is 0. The molecular weight excluding hydrogens is 317 g/mol. The Kier molecular flexibility index (Phi) is 3.67. The maximum Gasteiger partial charge on any atom is 0.394 e. The van der Waals surface area contributed by atoms with Crippen LogP contribution in [0.25, 0.3) is 5.65 Å². The lowest BCUT2D eigenvalue weighted by Gasteiger charge is -2.07. The zero-order valence-corrected chi connectivity index (χ0v) is 12.0. The van der Waals surface area contributed by atoms with Crippen LogP contribution in [0.4, 0.5) is 13.2 Å². The van der Waals surface area contributed by atoms with Gasteiger partial charge < -0.3 is 0 Å². The van der Waals surface area contributed by atoms with Gasteiger partial charge in [-0.25, -0.2) is 22.9 Å². The highest BCUT2D eigenvalue weighted by atomic mass is 32.2. The Balaban J connectivity index is 2.70. The lowest BCUT2D eigenvalue weighted by molar-refractivity contribution is -0.128. The van der Waals surface area contributed by atoms with Gasteiger partial charge in [0.1, 0.15) is 5.03 Å². The first kappa shape index (κ1) is 15.0. The lowest BCUT2D eigenvalue weighted by atomic mass is 10.3. The molecule has 0 saturated carbocycles. The molecule has 0 spiro atoms. The predicted octanol–water partition coefficient (Wildman–Crippen LogP) is 1.35. The molecule has 0 aromatic carbocycles. The van der Waals surface area contributed by atoms with Crippen LogP contribution < -0.4 is 0 Å². The van der Waals surface area contributed by atoms with Gasteiger partial charge >= 0.3 is 6.18 Å². The minimum Gasteiger partial charge on any atom is -0.233 e. The molecule has 2 aromatic heterocycles. The van der Waals surface area contributed by atoms with E-state index < -0.39 is 27.6 Å². The Bertz CT molecular complexity index is 754. The van der Waals surface area contributed by atoms with Gasteiger partial charge in [-0.3, -0.25) is 0 Å². The average Bonchev–Trinajstić information content (AvgIpc) is 2.68. The molecule has 0 aliphatic heterocycles. The van der Waals surface area contributed by atoms with Gasteiger partial charge in [0.25, 0.3) is 5.16 Å². The summed E-state index contributed by atoms with van der Waals surface area (Å²) >= 11 is 1.08. The van der Waals surface area contributed by atoms with Crippen LogP contribution in [0.2, 0.25) is 0 Å². The molecule has 0 N–H and O–H groups in total. The minimum atomic E-state index is -4.44. The Morgan fingerprint density at radius 3 is 2.55 bits per heavy atom. The molecular formula is C9H9F3N4O2S2. The first-order chi connectivity index (χ1) is 9.12. The number of thioether (sulfide) groups is 1. The summed E-state index contributed by atoms with van der Waals surface area (Å²) < 4.78 is 61.2. The van der Waals surface area contributed by atoms with Gasteiger partial charge in [0.2, 0.25) is 9.84 Å². The van der Waals surface area contributed by atoms with E-state index in [4.69, 9.17) is 0 Å². The number of fused-ring (bicyclic) bond motifs is 1. The third kappa shape index (κ3) is 3.03. The summed E-state index contributed by atoms with van der Waals surface area (Å²) in [4.78, 5) is 7.62. The van der Waals surface area contributed by atoms with Crippen LogP contribution in [0.1, 0.15) is 5.69 Å². The molecule has 6 nitrogen and oxygen atoms in total. The number of imidazole rings is 1. The van der Waals surface area contributed by atoms with E-state index in [2.05, 4.69) is 15.1 Å². The monoisotopic (exact) mass is 326 g/mol. The Morgan fingerprint density at radius 2 is 2.05 bits per heavy atom. The smallest absolute Gasteiger partial charge is 0.233 e. The van der Waals surface area contributed by atoms with Crippen LogP contribution in [0, 0.1) is 0 Å². The fraction of sp³-hybridized carbons (Fsp3) is 0.444. The van der Waals surface area contributed by atoms with Gasteiger partial charge in [0.05, 0.1) is 18.3 Å². The van der Waals surface area contributed by atoms with Gasteiger partial charge in [-0.2, -0.15) is 13.2 Å². The zero-order valence-electron chi connectivity index (χ0n) is 10.3. The highest BCUT2D eigenvalue weighted by Gasteiger charge is 2.30. The van der Waals surface area contributed by atoms with Crippen LogP contribution in [-0.4, -0.2) is 46.7 Å². The van der Waals surface area contributed by atoms with Crippen molar-refractivity contribution in [3.05, 3.63) is 11.9 Å². The standard InChI is InChI=1S/C9H9F3N4O2S2/c1-19-7-6-13-4-5(3-9(10,11)12)16(6)15-8(14-7)20(2,17)18/h4H,3H2,1-2H3.